The molecule has 1 saturated heterocycles. The largest absolute Gasteiger partial charge is 0.483 e. The molecule has 1 aromatic rings. The maximum Gasteiger partial charge on any atom is 0.260 e. The highest BCUT2D eigenvalue weighted by molar-refractivity contribution is 9.11. The number of piperidine rings is 1. The molecule has 6 heteroatoms. The predicted octanol–water partition coefficient (Wildman–Crippen LogP) is 2.82. The maximum atomic E-state index is 12.1. The van der Waals surface area contributed by atoms with Crippen LogP contribution in [-0.4, -0.2) is 41.7 Å². The van der Waals surface area contributed by atoms with Crippen LogP contribution in [0.15, 0.2) is 27.1 Å². The zero-order valence-electron chi connectivity index (χ0n) is 11.2. The Bertz CT molecular complexity index is 495. The summed E-state index contributed by atoms with van der Waals surface area (Å²) in [6.45, 7) is 3.15. The van der Waals surface area contributed by atoms with Crippen LogP contribution in [-0.2, 0) is 4.79 Å². The predicted molar refractivity (Wildman–Crippen MR) is 83.7 cm³/mol. The molecule has 110 valence electrons. The van der Waals surface area contributed by atoms with Crippen molar-refractivity contribution in [1.29, 1.82) is 0 Å². The second kappa shape index (κ2) is 6.91. The molecule has 0 bridgehead atoms. The molecule has 1 fully saturated rings. The fourth-order valence-corrected chi connectivity index (χ4v) is 3.34. The van der Waals surface area contributed by atoms with Crippen LogP contribution in [0, 0.1) is 5.92 Å². The molecule has 2 atom stereocenters. The second-order valence-corrected chi connectivity index (χ2v) is 6.81. The molecule has 1 N–H and O–H groups in total. The summed E-state index contributed by atoms with van der Waals surface area (Å²) in [7, 11) is 0. The molecule has 0 aromatic heterocycles. The van der Waals surface area contributed by atoms with E-state index in [2.05, 4.69) is 31.9 Å². The Labute approximate surface area is 135 Å². The molecule has 0 saturated carbocycles. The normalized spacial score (nSPS) is 22.7. The van der Waals surface area contributed by atoms with E-state index in [0.29, 0.717) is 25.3 Å². The van der Waals surface area contributed by atoms with E-state index in [-0.39, 0.29) is 24.5 Å². The molecule has 0 aliphatic carbocycles. The monoisotopic (exact) mass is 405 g/mol. The Morgan fingerprint density at radius 1 is 1.50 bits per heavy atom. The fourth-order valence-electron chi connectivity index (χ4n) is 2.18. The van der Waals surface area contributed by atoms with Gasteiger partial charge in [-0.3, -0.25) is 4.79 Å². The van der Waals surface area contributed by atoms with Gasteiger partial charge in [0, 0.05) is 17.6 Å². The highest BCUT2D eigenvalue weighted by Crippen LogP contribution is 2.28. The summed E-state index contributed by atoms with van der Waals surface area (Å²) in [6.07, 6.45) is 0.329. The average molecular weight is 407 g/mol. The molecule has 1 heterocycles. The van der Waals surface area contributed by atoms with Crippen LogP contribution in [0.2, 0.25) is 0 Å². The van der Waals surface area contributed by atoms with Gasteiger partial charge >= 0.3 is 0 Å². The van der Waals surface area contributed by atoms with Gasteiger partial charge in [-0.05, 0) is 46.5 Å². The zero-order valence-corrected chi connectivity index (χ0v) is 14.4. The van der Waals surface area contributed by atoms with Crippen molar-refractivity contribution in [3.05, 3.63) is 27.1 Å². The number of benzene rings is 1. The van der Waals surface area contributed by atoms with Gasteiger partial charge in [0.2, 0.25) is 0 Å². The first-order valence-corrected chi connectivity index (χ1v) is 8.09. The van der Waals surface area contributed by atoms with Crippen LogP contribution in [0.1, 0.15) is 13.3 Å². The van der Waals surface area contributed by atoms with Crippen molar-refractivity contribution in [3.63, 3.8) is 0 Å². The SMILES string of the molecule is CC1CN(C(=O)COc2ccc(Br)cc2Br)CCC1O. The Morgan fingerprint density at radius 3 is 2.90 bits per heavy atom. The van der Waals surface area contributed by atoms with Gasteiger partial charge in [-0.15, -0.1) is 0 Å². The molecular weight excluding hydrogens is 390 g/mol. The average Bonchev–Trinajstić information content (AvgIpc) is 2.40. The number of hydrogen-bond acceptors (Lipinski definition) is 3. The smallest absolute Gasteiger partial charge is 0.260 e. The Kier molecular flexibility index (Phi) is 5.46. The van der Waals surface area contributed by atoms with E-state index in [9.17, 15) is 9.90 Å². The van der Waals surface area contributed by atoms with Gasteiger partial charge in [0.15, 0.2) is 6.61 Å². The van der Waals surface area contributed by atoms with E-state index < -0.39 is 0 Å². The van der Waals surface area contributed by atoms with Crippen LogP contribution in [0.5, 0.6) is 5.75 Å². The van der Waals surface area contributed by atoms with Crippen molar-refractivity contribution in [3.8, 4) is 5.75 Å². The minimum Gasteiger partial charge on any atom is -0.483 e. The second-order valence-electron chi connectivity index (χ2n) is 5.04. The number of halogens is 2. The first kappa shape index (κ1) is 15.8. The van der Waals surface area contributed by atoms with Crippen molar-refractivity contribution in [2.24, 2.45) is 5.92 Å². The molecule has 1 amide bonds. The molecule has 2 rings (SSSR count). The van der Waals surface area contributed by atoms with Crippen molar-refractivity contribution < 1.29 is 14.6 Å². The lowest BCUT2D eigenvalue weighted by molar-refractivity contribution is -0.136. The third kappa shape index (κ3) is 3.96. The summed E-state index contributed by atoms with van der Waals surface area (Å²) >= 11 is 6.76. The highest BCUT2D eigenvalue weighted by atomic mass is 79.9. The number of aliphatic hydroxyl groups excluding tert-OH is 1. The van der Waals surface area contributed by atoms with Gasteiger partial charge in [-0.2, -0.15) is 0 Å². The lowest BCUT2D eigenvalue weighted by atomic mass is 9.97. The molecule has 20 heavy (non-hydrogen) atoms. The van der Waals surface area contributed by atoms with E-state index in [1.165, 1.54) is 0 Å². The lowest BCUT2D eigenvalue weighted by Crippen LogP contribution is -2.46. The maximum absolute atomic E-state index is 12.1. The number of carbonyl (C=O) groups is 1. The summed E-state index contributed by atoms with van der Waals surface area (Å²) < 4.78 is 7.30. The number of likely N-dealkylation sites (tertiary alicyclic amines) is 1. The van der Waals surface area contributed by atoms with E-state index in [0.717, 1.165) is 8.95 Å². The highest BCUT2D eigenvalue weighted by Gasteiger charge is 2.27. The lowest BCUT2D eigenvalue weighted by Gasteiger charge is -2.34. The van der Waals surface area contributed by atoms with E-state index >= 15 is 0 Å². The van der Waals surface area contributed by atoms with Gasteiger partial charge < -0.3 is 14.7 Å². The molecular formula is C14H17Br2NO3. The third-order valence-corrected chi connectivity index (χ3v) is 4.57. The first-order valence-electron chi connectivity index (χ1n) is 6.51. The Morgan fingerprint density at radius 2 is 2.25 bits per heavy atom. The number of ether oxygens (including phenoxy) is 1. The van der Waals surface area contributed by atoms with E-state index in [1.54, 1.807) is 4.90 Å². The summed E-state index contributed by atoms with van der Waals surface area (Å²) in [5.41, 5.74) is 0. The van der Waals surface area contributed by atoms with E-state index in [1.807, 2.05) is 25.1 Å². The van der Waals surface area contributed by atoms with Gasteiger partial charge in [0.1, 0.15) is 5.75 Å². The summed E-state index contributed by atoms with van der Waals surface area (Å²) in [5, 5.41) is 9.67. The summed E-state index contributed by atoms with van der Waals surface area (Å²) in [4.78, 5) is 13.9. The number of rotatable bonds is 3. The van der Waals surface area contributed by atoms with Gasteiger partial charge in [0.25, 0.3) is 5.91 Å². The first-order chi connectivity index (χ1) is 9.47. The van der Waals surface area contributed by atoms with Crippen molar-refractivity contribution in [2.75, 3.05) is 19.7 Å². The standard InChI is InChI=1S/C14H17Br2NO3/c1-9-7-17(5-4-12(9)18)14(19)8-20-13-3-2-10(15)6-11(13)16/h2-3,6,9,12,18H,4-5,7-8H2,1H3. The topological polar surface area (TPSA) is 49.8 Å². The zero-order chi connectivity index (χ0) is 14.7. The molecule has 1 aliphatic heterocycles. The summed E-state index contributed by atoms with van der Waals surface area (Å²) in [5.74, 6) is 0.720. The Hall–Kier alpha value is -0.590. The minimum absolute atomic E-state index is 0.0169. The summed E-state index contributed by atoms with van der Waals surface area (Å²) in [6, 6.07) is 5.55. The van der Waals surface area contributed by atoms with Crippen LogP contribution < -0.4 is 4.74 Å². The number of carbonyl (C=O) groups excluding carboxylic acids is 1. The van der Waals surface area contributed by atoms with Crippen molar-refractivity contribution >= 4 is 37.8 Å². The van der Waals surface area contributed by atoms with Crippen molar-refractivity contribution in [2.45, 2.75) is 19.4 Å². The number of aliphatic hydroxyl groups is 1. The number of amides is 1. The molecule has 0 radical (unpaired) electrons. The molecule has 1 aromatic carbocycles. The fraction of sp³-hybridized carbons (Fsp3) is 0.500. The molecule has 0 spiro atoms. The van der Waals surface area contributed by atoms with E-state index in [4.69, 9.17) is 4.74 Å². The Balaban J connectivity index is 1.89. The van der Waals surface area contributed by atoms with Crippen LogP contribution in [0.25, 0.3) is 0 Å². The number of hydrogen-bond donors (Lipinski definition) is 1. The van der Waals surface area contributed by atoms with Gasteiger partial charge in [-0.25, -0.2) is 0 Å². The molecule has 4 nitrogen and oxygen atoms in total. The molecule has 1 aliphatic rings. The number of nitrogens with zero attached hydrogens (tertiary/aromatic N) is 1. The van der Waals surface area contributed by atoms with Crippen LogP contribution >= 0.6 is 31.9 Å². The van der Waals surface area contributed by atoms with Crippen LogP contribution in [0.4, 0.5) is 0 Å². The quantitative estimate of drug-likeness (QED) is 0.839. The third-order valence-electron chi connectivity index (χ3n) is 3.46. The van der Waals surface area contributed by atoms with Crippen molar-refractivity contribution in [1.82, 2.24) is 4.90 Å². The minimum atomic E-state index is -0.305. The van der Waals surface area contributed by atoms with Crippen LogP contribution in [0.3, 0.4) is 0 Å². The van der Waals surface area contributed by atoms with Gasteiger partial charge in [0.05, 0.1) is 10.6 Å². The van der Waals surface area contributed by atoms with Gasteiger partial charge in [-0.1, -0.05) is 22.9 Å². The molecule has 2 unspecified atom stereocenters.